The molecule has 0 radical (unpaired) electrons. The number of halogens is 1. The smallest absolute Gasteiger partial charge is 0.272 e. The number of amides is 1. The standard InChI is InChI=1S/C17H22ClN5O2/c18-17-19-15(22-10-4-5-12(22)11-24)13-6-7-14(23(13)20-17)16(25)21-8-2-1-3-9-21/h6-7,12,24H,1-5,8-11H2. The Bertz CT molecular complexity index is 787. The minimum atomic E-state index is -0.0134. The van der Waals surface area contributed by atoms with Gasteiger partial charge < -0.3 is 14.9 Å². The third-order valence-corrected chi connectivity index (χ3v) is 5.35. The molecule has 4 heterocycles. The van der Waals surface area contributed by atoms with Gasteiger partial charge in [0.1, 0.15) is 11.2 Å². The largest absolute Gasteiger partial charge is 0.394 e. The van der Waals surface area contributed by atoms with Crippen LogP contribution in [0.15, 0.2) is 12.1 Å². The molecule has 25 heavy (non-hydrogen) atoms. The Morgan fingerprint density at radius 1 is 1.20 bits per heavy atom. The van der Waals surface area contributed by atoms with E-state index in [2.05, 4.69) is 15.0 Å². The molecule has 0 bridgehead atoms. The number of rotatable bonds is 3. The average molecular weight is 364 g/mol. The maximum Gasteiger partial charge on any atom is 0.272 e. The van der Waals surface area contributed by atoms with E-state index in [-0.39, 0.29) is 23.8 Å². The van der Waals surface area contributed by atoms with E-state index in [1.807, 2.05) is 11.0 Å². The number of hydrogen-bond donors (Lipinski definition) is 1. The first kappa shape index (κ1) is 16.6. The minimum Gasteiger partial charge on any atom is -0.394 e. The number of aliphatic hydroxyl groups is 1. The van der Waals surface area contributed by atoms with Gasteiger partial charge in [-0.1, -0.05) is 0 Å². The second kappa shape index (κ2) is 6.80. The highest BCUT2D eigenvalue weighted by atomic mass is 35.5. The lowest BCUT2D eigenvalue weighted by Crippen LogP contribution is -2.36. The van der Waals surface area contributed by atoms with Crippen LogP contribution in [0.25, 0.3) is 5.52 Å². The van der Waals surface area contributed by atoms with Crippen LogP contribution in [-0.2, 0) is 0 Å². The van der Waals surface area contributed by atoms with Crippen LogP contribution >= 0.6 is 11.6 Å². The van der Waals surface area contributed by atoms with Gasteiger partial charge in [-0.25, -0.2) is 4.52 Å². The molecule has 2 aliphatic rings. The van der Waals surface area contributed by atoms with Crippen molar-refractivity contribution in [3.63, 3.8) is 0 Å². The monoisotopic (exact) mass is 363 g/mol. The molecule has 0 aliphatic carbocycles. The number of likely N-dealkylation sites (tertiary alicyclic amines) is 1. The average Bonchev–Trinajstić information content (AvgIpc) is 3.27. The molecule has 0 saturated carbocycles. The van der Waals surface area contributed by atoms with Crippen LogP contribution < -0.4 is 4.90 Å². The molecular weight excluding hydrogens is 342 g/mol. The van der Waals surface area contributed by atoms with E-state index in [1.165, 1.54) is 6.42 Å². The summed E-state index contributed by atoms with van der Waals surface area (Å²) in [5.74, 6) is 0.676. The number of fused-ring (bicyclic) bond motifs is 1. The van der Waals surface area contributed by atoms with Crippen molar-refractivity contribution in [2.24, 2.45) is 0 Å². The van der Waals surface area contributed by atoms with E-state index in [0.717, 1.165) is 50.8 Å². The first-order valence-corrected chi connectivity index (χ1v) is 9.29. The molecule has 134 valence electrons. The van der Waals surface area contributed by atoms with Crippen molar-refractivity contribution in [3.8, 4) is 0 Å². The maximum atomic E-state index is 12.9. The molecule has 2 fully saturated rings. The van der Waals surface area contributed by atoms with Gasteiger partial charge in [0.2, 0.25) is 5.28 Å². The number of aliphatic hydroxyl groups excluding tert-OH is 1. The Morgan fingerprint density at radius 3 is 2.76 bits per heavy atom. The van der Waals surface area contributed by atoms with Gasteiger partial charge in [-0.15, -0.1) is 5.10 Å². The summed E-state index contributed by atoms with van der Waals surface area (Å²) in [4.78, 5) is 21.2. The lowest BCUT2D eigenvalue weighted by atomic mass is 10.1. The fraction of sp³-hybridized carbons (Fsp3) is 0.588. The molecule has 8 heteroatoms. The second-order valence-electron chi connectivity index (χ2n) is 6.74. The van der Waals surface area contributed by atoms with E-state index in [0.29, 0.717) is 11.5 Å². The van der Waals surface area contributed by atoms with Gasteiger partial charge in [-0.2, -0.15) is 4.98 Å². The van der Waals surface area contributed by atoms with E-state index < -0.39 is 0 Å². The van der Waals surface area contributed by atoms with E-state index in [4.69, 9.17) is 11.6 Å². The van der Waals surface area contributed by atoms with E-state index in [9.17, 15) is 9.90 Å². The highest BCUT2D eigenvalue weighted by molar-refractivity contribution is 6.28. The number of piperidine rings is 1. The third kappa shape index (κ3) is 2.95. The lowest BCUT2D eigenvalue weighted by Gasteiger charge is -2.27. The van der Waals surface area contributed by atoms with Crippen LogP contribution in [0.3, 0.4) is 0 Å². The highest BCUT2D eigenvalue weighted by Crippen LogP contribution is 2.29. The van der Waals surface area contributed by atoms with Crippen LogP contribution in [-0.4, -0.2) is 62.8 Å². The number of nitrogens with zero attached hydrogens (tertiary/aromatic N) is 5. The number of carbonyl (C=O) groups excluding carboxylic acids is 1. The molecule has 1 atom stereocenters. The normalized spacial score (nSPS) is 21.3. The number of carbonyl (C=O) groups is 1. The molecule has 1 amide bonds. The fourth-order valence-electron chi connectivity index (χ4n) is 3.89. The number of aromatic nitrogens is 3. The van der Waals surface area contributed by atoms with E-state index >= 15 is 0 Å². The predicted octanol–water partition coefficient (Wildman–Crippen LogP) is 1.97. The Morgan fingerprint density at radius 2 is 2.00 bits per heavy atom. The van der Waals surface area contributed by atoms with Gasteiger partial charge >= 0.3 is 0 Å². The molecule has 2 saturated heterocycles. The zero-order chi connectivity index (χ0) is 17.4. The molecule has 2 aliphatic heterocycles. The summed E-state index contributed by atoms with van der Waals surface area (Å²) in [6.45, 7) is 2.47. The lowest BCUT2D eigenvalue weighted by molar-refractivity contribution is 0.0716. The highest BCUT2D eigenvalue weighted by Gasteiger charge is 2.29. The molecule has 0 spiro atoms. The van der Waals surface area contributed by atoms with Crippen LogP contribution in [0.4, 0.5) is 5.82 Å². The van der Waals surface area contributed by atoms with Crippen LogP contribution in [0.5, 0.6) is 0 Å². The molecule has 0 aromatic carbocycles. The van der Waals surface area contributed by atoms with Gasteiger partial charge in [0.25, 0.3) is 5.91 Å². The van der Waals surface area contributed by atoms with Crippen LogP contribution in [0, 0.1) is 0 Å². The zero-order valence-electron chi connectivity index (χ0n) is 14.1. The van der Waals surface area contributed by atoms with Crippen molar-refractivity contribution in [2.45, 2.75) is 38.1 Å². The predicted molar refractivity (Wildman–Crippen MR) is 95.2 cm³/mol. The van der Waals surface area contributed by atoms with Crippen LogP contribution in [0.2, 0.25) is 5.28 Å². The quantitative estimate of drug-likeness (QED) is 0.902. The Hall–Kier alpha value is -1.86. The second-order valence-corrected chi connectivity index (χ2v) is 7.08. The molecule has 2 aromatic rings. The fourth-order valence-corrected chi connectivity index (χ4v) is 4.05. The molecule has 2 aromatic heterocycles. The third-order valence-electron chi connectivity index (χ3n) is 5.19. The molecule has 4 rings (SSSR count). The van der Waals surface area contributed by atoms with Gasteiger partial charge in [0, 0.05) is 19.6 Å². The van der Waals surface area contributed by atoms with Crippen molar-refractivity contribution in [3.05, 3.63) is 23.1 Å². The summed E-state index contributed by atoms with van der Waals surface area (Å²) in [7, 11) is 0. The van der Waals surface area contributed by atoms with Crippen molar-refractivity contribution < 1.29 is 9.90 Å². The van der Waals surface area contributed by atoms with Crippen molar-refractivity contribution in [1.29, 1.82) is 0 Å². The van der Waals surface area contributed by atoms with Gasteiger partial charge in [0.05, 0.1) is 12.6 Å². The van der Waals surface area contributed by atoms with Crippen LogP contribution in [0.1, 0.15) is 42.6 Å². The summed E-state index contributed by atoms with van der Waals surface area (Å²) in [6, 6.07) is 3.70. The summed E-state index contributed by atoms with van der Waals surface area (Å²) in [5, 5.41) is 14.0. The Kier molecular flexibility index (Phi) is 4.52. The van der Waals surface area contributed by atoms with Gasteiger partial charge in [0.15, 0.2) is 5.82 Å². The summed E-state index contributed by atoms with van der Waals surface area (Å²) in [5.41, 5.74) is 1.27. The maximum absolute atomic E-state index is 12.9. The zero-order valence-corrected chi connectivity index (χ0v) is 14.8. The van der Waals surface area contributed by atoms with Crippen molar-refractivity contribution in [2.75, 3.05) is 31.1 Å². The van der Waals surface area contributed by atoms with Gasteiger partial charge in [-0.05, 0) is 55.8 Å². The Balaban J connectivity index is 1.75. The molecular formula is C17H22ClN5O2. The van der Waals surface area contributed by atoms with Crippen molar-refractivity contribution in [1.82, 2.24) is 19.5 Å². The summed E-state index contributed by atoms with van der Waals surface area (Å²) < 4.78 is 1.61. The van der Waals surface area contributed by atoms with Gasteiger partial charge in [-0.3, -0.25) is 4.79 Å². The number of hydrogen-bond acceptors (Lipinski definition) is 5. The Labute approximate surface area is 151 Å². The molecule has 1 unspecified atom stereocenters. The SMILES string of the molecule is O=C(c1ccc2c(N3CCCC3CO)nc(Cl)nn12)N1CCCCC1. The summed E-state index contributed by atoms with van der Waals surface area (Å²) in [6.07, 6.45) is 5.18. The van der Waals surface area contributed by atoms with E-state index in [1.54, 1.807) is 10.6 Å². The first-order chi connectivity index (χ1) is 12.2. The first-order valence-electron chi connectivity index (χ1n) is 8.91. The molecule has 1 N–H and O–H groups in total. The van der Waals surface area contributed by atoms with Crippen molar-refractivity contribution >= 4 is 28.8 Å². The minimum absolute atomic E-state index is 0.0134. The summed E-state index contributed by atoms with van der Waals surface area (Å²) >= 11 is 6.16. The topological polar surface area (TPSA) is 74.0 Å². The number of anilines is 1. The molecule has 7 nitrogen and oxygen atoms in total.